The van der Waals surface area contributed by atoms with Crippen LogP contribution in [-0.2, 0) is 9.05 Å². The first-order valence-corrected chi connectivity index (χ1v) is 8.13. The van der Waals surface area contributed by atoms with Gasteiger partial charge < -0.3 is 10.1 Å². The zero-order valence-electron chi connectivity index (χ0n) is 10.3. The normalized spacial score (nSPS) is 15.1. The molecule has 1 amide bonds. The van der Waals surface area contributed by atoms with E-state index in [9.17, 15) is 13.2 Å². The van der Waals surface area contributed by atoms with Crippen LogP contribution in [0, 0.1) is 5.92 Å². The molecule has 0 spiro atoms. The van der Waals surface area contributed by atoms with Gasteiger partial charge in [0.2, 0.25) is 0 Å². The molecule has 1 aliphatic rings. The minimum atomic E-state index is -3.87. The molecule has 0 atom stereocenters. The number of hydrogen-bond donors (Lipinski definition) is 1. The number of benzene rings is 1. The summed E-state index contributed by atoms with van der Waals surface area (Å²) in [5.74, 6) is 0.498. The van der Waals surface area contributed by atoms with Gasteiger partial charge in [-0.25, -0.2) is 8.42 Å². The molecule has 2 rings (SSSR count). The lowest BCUT2D eigenvalue weighted by atomic mass is 10.2. The molecule has 5 nitrogen and oxygen atoms in total. The van der Waals surface area contributed by atoms with Gasteiger partial charge in [-0.1, -0.05) is 0 Å². The Labute approximate surface area is 116 Å². The number of ether oxygens (including phenoxy) is 1. The topological polar surface area (TPSA) is 72.5 Å². The average Bonchev–Trinajstić information content (AvgIpc) is 3.18. The molecule has 0 aliphatic heterocycles. The molecule has 0 unspecified atom stereocenters. The quantitative estimate of drug-likeness (QED) is 0.841. The first-order valence-electron chi connectivity index (χ1n) is 5.82. The number of nitrogens with one attached hydrogen (secondary N) is 1. The SMILES string of the molecule is COc1ccc(S(=O)(=O)Cl)cc1C(=O)NCC1CC1. The van der Waals surface area contributed by atoms with Crippen molar-refractivity contribution in [2.75, 3.05) is 13.7 Å². The monoisotopic (exact) mass is 303 g/mol. The van der Waals surface area contributed by atoms with Crippen LogP contribution >= 0.6 is 10.7 Å². The van der Waals surface area contributed by atoms with Crippen LogP contribution in [-0.4, -0.2) is 28.0 Å². The van der Waals surface area contributed by atoms with Gasteiger partial charge in [-0.05, 0) is 37.0 Å². The number of carbonyl (C=O) groups excluding carboxylic acids is 1. The fraction of sp³-hybridized carbons (Fsp3) is 0.417. The molecule has 0 heterocycles. The summed E-state index contributed by atoms with van der Waals surface area (Å²) in [5.41, 5.74) is 0.171. The molecule has 104 valence electrons. The van der Waals surface area contributed by atoms with E-state index in [0.29, 0.717) is 18.2 Å². The van der Waals surface area contributed by atoms with Crippen molar-refractivity contribution in [3.05, 3.63) is 23.8 Å². The summed E-state index contributed by atoms with van der Waals surface area (Å²) in [7, 11) is 2.82. The van der Waals surface area contributed by atoms with Crippen molar-refractivity contribution in [3.8, 4) is 5.75 Å². The Morgan fingerprint density at radius 2 is 2.16 bits per heavy atom. The second-order valence-electron chi connectivity index (χ2n) is 4.45. The summed E-state index contributed by atoms with van der Waals surface area (Å²) < 4.78 is 27.6. The van der Waals surface area contributed by atoms with Crippen LogP contribution in [0.4, 0.5) is 0 Å². The van der Waals surface area contributed by atoms with Crippen LogP contribution < -0.4 is 10.1 Å². The second kappa shape index (κ2) is 5.38. The smallest absolute Gasteiger partial charge is 0.261 e. The maximum Gasteiger partial charge on any atom is 0.261 e. The summed E-state index contributed by atoms with van der Waals surface area (Å²) in [4.78, 5) is 11.9. The highest BCUT2D eigenvalue weighted by molar-refractivity contribution is 8.13. The third-order valence-electron chi connectivity index (χ3n) is 2.95. The predicted molar refractivity (Wildman–Crippen MR) is 71.1 cm³/mol. The van der Waals surface area contributed by atoms with Crippen molar-refractivity contribution in [1.29, 1.82) is 0 Å². The van der Waals surface area contributed by atoms with Gasteiger partial charge in [0.25, 0.3) is 15.0 Å². The van der Waals surface area contributed by atoms with E-state index < -0.39 is 9.05 Å². The van der Waals surface area contributed by atoms with Crippen molar-refractivity contribution < 1.29 is 17.9 Å². The van der Waals surface area contributed by atoms with Crippen molar-refractivity contribution in [2.24, 2.45) is 5.92 Å². The van der Waals surface area contributed by atoms with Crippen molar-refractivity contribution in [1.82, 2.24) is 5.32 Å². The predicted octanol–water partition coefficient (Wildman–Crippen LogP) is 1.76. The van der Waals surface area contributed by atoms with Gasteiger partial charge in [0, 0.05) is 17.2 Å². The largest absolute Gasteiger partial charge is 0.496 e. The summed E-state index contributed by atoms with van der Waals surface area (Å²) in [6.07, 6.45) is 2.24. The molecule has 1 aromatic rings. The zero-order valence-corrected chi connectivity index (χ0v) is 11.9. The Kier molecular flexibility index (Phi) is 4.01. The van der Waals surface area contributed by atoms with Crippen LogP contribution in [0.25, 0.3) is 0 Å². The highest BCUT2D eigenvalue weighted by Gasteiger charge is 2.23. The van der Waals surface area contributed by atoms with Crippen LogP contribution in [0.2, 0.25) is 0 Å². The molecular formula is C12H14ClNO4S. The molecule has 0 bridgehead atoms. The van der Waals surface area contributed by atoms with Gasteiger partial charge >= 0.3 is 0 Å². The third kappa shape index (κ3) is 3.61. The summed E-state index contributed by atoms with van der Waals surface area (Å²) >= 11 is 0. The lowest BCUT2D eigenvalue weighted by molar-refractivity contribution is 0.0948. The van der Waals surface area contributed by atoms with Crippen molar-refractivity contribution >= 4 is 25.6 Å². The molecule has 1 N–H and O–H groups in total. The minimum Gasteiger partial charge on any atom is -0.496 e. The van der Waals surface area contributed by atoms with Crippen LogP contribution in [0.15, 0.2) is 23.1 Å². The molecule has 0 aromatic heterocycles. The lowest BCUT2D eigenvalue weighted by Gasteiger charge is -2.10. The maximum atomic E-state index is 12.0. The molecular weight excluding hydrogens is 290 g/mol. The van der Waals surface area contributed by atoms with Crippen LogP contribution in [0.5, 0.6) is 5.75 Å². The van der Waals surface area contributed by atoms with Gasteiger partial charge in [0.1, 0.15) is 5.75 Å². The second-order valence-corrected chi connectivity index (χ2v) is 7.02. The van der Waals surface area contributed by atoms with Gasteiger partial charge in [0.05, 0.1) is 17.6 Å². The molecule has 1 saturated carbocycles. The molecule has 7 heteroatoms. The van der Waals surface area contributed by atoms with Gasteiger partial charge in [-0.2, -0.15) is 0 Å². The van der Waals surface area contributed by atoms with Gasteiger partial charge in [-0.15, -0.1) is 0 Å². The van der Waals surface area contributed by atoms with E-state index in [0.717, 1.165) is 12.8 Å². The first-order chi connectivity index (χ1) is 8.91. The van der Waals surface area contributed by atoms with Gasteiger partial charge in [0.15, 0.2) is 0 Å². The van der Waals surface area contributed by atoms with Crippen LogP contribution in [0.1, 0.15) is 23.2 Å². The fourth-order valence-electron chi connectivity index (χ4n) is 1.67. The zero-order chi connectivity index (χ0) is 14.0. The minimum absolute atomic E-state index is 0.119. The van der Waals surface area contributed by atoms with E-state index in [1.54, 1.807) is 0 Å². The Morgan fingerprint density at radius 1 is 1.47 bits per heavy atom. The van der Waals surface area contributed by atoms with Crippen molar-refractivity contribution in [2.45, 2.75) is 17.7 Å². The maximum absolute atomic E-state index is 12.0. The molecule has 19 heavy (non-hydrogen) atoms. The van der Waals surface area contributed by atoms with Gasteiger partial charge in [-0.3, -0.25) is 4.79 Å². The number of methoxy groups -OCH3 is 1. The Hall–Kier alpha value is -1.27. The number of rotatable bonds is 5. The Morgan fingerprint density at radius 3 is 2.68 bits per heavy atom. The average molecular weight is 304 g/mol. The first kappa shape index (κ1) is 14.1. The van der Waals surface area contributed by atoms with Crippen molar-refractivity contribution in [3.63, 3.8) is 0 Å². The molecule has 1 aromatic carbocycles. The van der Waals surface area contributed by atoms with E-state index >= 15 is 0 Å². The Bertz CT molecular complexity index is 596. The third-order valence-corrected chi connectivity index (χ3v) is 4.30. The number of carbonyl (C=O) groups is 1. The molecule has 0 saturated heterocycles. The van der Waals surface area contributed by atoms with E-state index in [-0.39, 0.29) is 16.4 Å². The van der Waals surface area contributed by atoms with E-state index in [4.69, 9.17) is 15.4 Å². The highest BCUT2D eigenvalue weighted by Crippen LogP contribution is 2.28. The summed E-state index contributed by atoms with van der Waals surface area (Å²) in [6, 6.07) is 3.95. The number of halogens is 1. The number of amides is 1. The van der Waals surface area contributed by atoms with E-state index in [2.05, 4.69) is 5.32 Å². The summed E-state index contributed by atoms with van der Waals surface area (Å²) in [6.45, 7) is 0.597. The molecule has 0 radical (unpaired) electrons. The highest BCUT2D eigenvalue weighted by atomic mass is 35.7. The van der Waals surface area contributed by atoms with E-state index in [1.807, 2.05) is 0 Å². The number of hydrogen-bond acceptors (Lipinski definition) is 4. The Balaban J connectivity index is 2.26. The molecule has 1 fully saturated rings. The molecule has 1 aliphatic carbocycles. The summed E-state index contributed by atoms with van der Waals surface area (Å²) in [5, 5.41) is 2.76. The van der Waals surface area contributed by atoms with Crippen LogP contribution in [0.3, 0.4) is 0 Å². The van der Waals surface area contributed by atoms with E-state index in [1.165, 1.54) is 25.3 Å². The lowest BCUT2D eigenvalue weighted by Crippen LogP contribution is -2.26. The standard InChI is InChI=1S/C12H14ClNO4S/c1-18-11-5-4-9(19(13,16)17)6-10(11)12(15)14-7-8-2-3-8/h4-6,8H,2-3,7H2,1H3,(H,14,15). The fourth-order valence-corrected chi connectivity index (χ4v) is 2.45.